The molecule has 6 heteroatoms. The van der Waals surface area contributed by atoms with E-state index in [-0.39, 0.29) is 12.1 Å². The predicted octanol–water partition coefficient (Wildman–Crippen LogP) is 3.45. The van der Waals surface area contributed by atoms with Gasteiger partial charge in [0, 0.05) is 6.54 Å². The molecule has 2 aliphatic carbocycles. The summed E-state index contributed by atoms with van der Waals surface area (Å²) in [7, 11) is 0. The molecule has 1 aromatic heterocycles. The second-order valence-corrected chi connectivity index (χ2v) is 7.78. The fourth-order valence-electron chi connectivity index (χ4n) is 4.69. The highest BCUT2D eigenvalue weighted by atomic mass is 16.2. The van der Waals surface area contributed by atoms with E-state index in [0.717, 1.165) is 42.0 Å². The Bertz CT molecular complexity index is 727. The van der Waals surface area contributed by atoms with Crippen LogP contribution in [0.2, 0.25) is 0 Å². The Morgan fingerprint density at radius 3 is 2.77 bits per heavy atom. The van der Waals surface area contributed by atoms with E-state index in [0.29, 0.717) is 0 Å². The van der Waals surface area contributed by atoms with E-state index in [1.54, 1.807) is 11.0 Å². The van der Waals surface area contributed by atoms with Crippen molar-refractivity contribution in [1.82, 2.24) is 25.4 Å². The fourth-order valence-corrected chi connectivity index (χ4v) is 4.69. The highest BCUT2D eigenvalue weighted by Gasteiger charge is 2.38. The molecule has 2 amide bonds. The Kier molecular flexibility index (Phi) is 4.91. The van der Waals surface area contributed by atoms with Crippen LogP contribution in [0.4, 0.5) is 4.79 Å². The number of benzene rings is 1. The Hall–Kier alpha value is -2.37. The van der Waals surface area contributed by atoms with Gasteiger partial charge in [-0.3, -0.25) is 0 Å². The number of hydrogen-bond donors (Lipinski definition) is 2. The number of fused-ring (bicyclic) bond motifs is 2. The summed E-state index contributed by atoms with van der Waals surface area (Å²) < 4.78 is 1.71. The average Bonchev–Trinajstić information content (AvgIpc) is 3.40. The third-order valence-corrected chi connectivity index (χ3v) is 6.11. The van der Waals surface area contributed by atoms with Gasteiger partial charge in [0.25, 0.3) is 0 Å². The summed E-state index contributed by atoms with van der Waals surface area (Å²) >= 11 is 0. The summed E-state index contributed by atoms with van der Waals surface area (Å²) in [6, 6.07) is 7.86. The number of nitrogens with zero attached hydrogens (tertiary/aromatic N) is 3. The molecule has 4 unspecified atom stereocenters. The lowest BCUT2D eigenvalue weighted by atomic mass is 9.86. The van der Waals surface area contributed by atoms with E-state index >= 15 is 0 Å². The van der Waals surface area contributed by atoms with E-state index in [1.165, 1.54) is 32.0 Å². The molecule has 0 spiro atoms. The topological polar surface area (TPSA) is 71.8 Å². The molecule has 2 saturated carbocycles. The number of amides is 2. The standard InChI is InChI=1S/C20H27N5O/c1-14(16-4-6-19(7-5-16)25-13-21-12-23-25)24-20(26)22-9-8-18-11-15-2-3-17(18)10-15/h4-7,12-15,17-18H,2-3,8-11H2,1H3,(H2,22,24,26). The largest absolute Gasteiger partial charge is 0.338 e. The smallest absolute Gasteiger partial charge is 0.315 e. The number of carbonyl (C=O) groups excluding carboxylic acids is 1. The van der Waals surface area contributed by atoms with Crippen LogP contribution in [-0.4, -0.2) is 27.3 Å². The van der Waals surface area contributed by atoms with Gasteiger partial charge in [-0.25, -0.2) is 14.5 Å². The van der Waals surface area contributed by atoms with Gasteiger partial charge in [0.15, 0.2) is 0 Å². The Labute approximate surface area is 154 Å². The van der Waals surface area contributed by atoms with Gasteiger partial charge < -0.3 is 10.6 Å². The van der Waals surface area contributed by atoms with E-state index in [4.69, 9.17) is 0 Å². The molecule has 2 aromatic rings. The Morgan fingerprint density at radius 2 is 2.12 bits per heavy atom. The number of aromatic nitrogens is 3. The maximum atomic E-state index is 12.2. The third-order valence-electron chi connectivity index (χ3n) is 6.11. The van der Waals surface area contributed by atoms with Crippen LogP contribution < -0.4 is 10.6 Å². The van der Waals surface area contributed by atoms with Crippen molar-refractivity contribution in [1.29, 1.82) is 0 Å². The molecule has 26 heavy (non-hydrogen) atoms. The quantitative estimate of drug-likeness (QED) is 0.835. The molecule has 4 atom stereocenters. The zero-order valence-corrected chi connectivity index (χ0v) is 15.3. The summed E-state index contributed by atoms with van der Waals surface area (Å²) in [5.74, 6) is 2.72. The minimum Gasteiger partial charge on any atom is -0.338 e. The lowest BCUT2D eigenvalue weighted by Gasteiger charge is -2.22. The first-order chi connectivity index (χ1) is 12.7. The molecule has 0 saturated heterocycles. The lowest BCUT2D eigenvalue weighted by molar-refractivity contribution is 0.235. The SMILES string of the molecule is CC(NC(=O)NCCC1CC2CCC1C2)c1ccc(-n2cncn2)cc1. The summed E-state index contributed by atoms with van der Waals surface area (Å²) in [5, 5.41) is 10.2. The van der Waals surface area contributed by atoms with Crippen molar-refractivity contribution in [3.63, 3.8) is 0 Å². The van der Waals surface area contributed by atoms with Gasteiger partial charge in [0.2, 0.25) is 0 Å². The second-order valence-electron chi connectivity index (χ2n) is 7.78. The number of urea groups is 1. The molecular weight excluding hydrogens is 326 g/mol. The molecule has 2 N–H and O–H groups in total. The monoisotopic (exact) mass is 353 g/mol. The van der Waals surface area contributed by atoms with Gasteiger partial charge in [-0.05, 0) is 68.1 Å². The van der Waals surface area contributed by atoms with Gasteiger partial charge in [0.05, 0.1) is 11.7 Å². The molecular formula is C20H27N5O. The highest BCUT2D eigenvalue weighted by molar-refractivity contribution is 5.74. The minimum atomic E-state index is -0.0824. The Balaban J connectivity index is 1.22. The zero-order chi connectivity index (χ0) is 17.9. The number of rotatable bonds is 6. The molecule has 2 fully saturated rings. The van der Waals surface area contributed by atoms with Crippen molar-refractivity contribution >= 4 is 6.03 Å². The lowest BCUT2D eigenvalue weighted by Crippen LogP contribution is -2.38. The van der Waals surface area contributed by atoms with Crippen LogP contribution in [0.15, 0.2) is 36.9 Å². The van der Waals surface area contributed by atoms with Gasteiger partial charge in [-0.1, -0.05) is 18.6 Å². The van der Waals surface area contributed by atoms with Crippen molar-refractivity contribution in [3.05, 3.63) is 42.5 Å². The second kappa shape index (κ2) is 7.48. The minimum absolute atomic E-state index is 0.0395. The maximum Gasteiger partial charge on any atom is 0.315 e. The van der Waals surface area contributed by atoms with E-state index in [2.05, 4.69) is 20.7 Å². The van der Waals surface area contributed by atoms with Crippen LogP contribution in [0.5, 0.6) is 0 Å². The number of hydrogen-bond acceptors (Lipinski definition) is 3. The van der Waals surface area contributed by atoms with Crippen LogP contribution in [0.1, 0.15) is 50.6 Å². The van der Waals surface area contributed by atoms with Gasteiger partial charge in [-0.15, -0.1) is 0 Å². The van der Waals surface area contributed by atoms with Crippen LogP contribution in [0, 0.1) is 17.8 Å². The molecule has 1 aromatic carbocycles. The highest BCUT2D eigenvalue weighted by Crippen LogP contribution is 2.49. The molecule has 2 aliphatic rings. The molecule has 138 valence electrons. The number of nitrogens with one attached hydrogen (secondary N) is 2. The molecule has 4 rings (SSSR count). The summed E-state index contributed by atoms with van der Waals surface area (Å²) in [6.07, 6.45) is 9.95. The van der Waals surface area contributed by atoms with Gasteiger partial charge >= 0.3 is 6.03 Å². The van der Waals surface area contributed by atoms with Crippen molar-refractivity contribution in [3.8, 4) is 5.69 Å². The van der Waals surface area contributed by atoms with Crippen molar-refractivity contribution in [2.45, 2.75) is 45.1 Å². The van der Waals surface area contributed by atoms with Gasteiger partial charge in [-0.2, -0.15) is 5.10 Å². The fraction of sp³-hybridized carbons (Fsp3) is 0.550. The van der Waals surface area contributed by atoms with E-state index in [1.807, 2.05) is 31.2 Å². The van der Waals surface area contributed by atoms with Crippen LogP contribution in [0.3, 0.4) is 0 Å². The maximum absolute atomic E-state index is 12.2. The first-order valence-corrected chi connectivity index (χ1v) is 9.68. The van der Waals surface area contributed by atoms with Crippen LogP contribution in [-0.2, 0) is 0 Å². The van der Waals surface area contributed by atoms with Crippen molar-refractivity contribution in [2.24, 2.45) is 17.8 Å². The average molecular weight is 353 g/mol. The third kappa shape index (κ3) is 3.74. The van der Waals surface area contributed by atoms with Gasteiger partial charge in [0.1, 0.15) is 12.7 Å². The molecule has 6 nitrogen and oxygen atoms in total. The molecule has 1 heterocycles. The molecule has 0 radical (unpaired) electrons. The number of carbonyl (C=O) groups is 1. The van der Waals surface area contributed by atoms with Crippen LogP contribution >= 0.6 is 0 Å². The first kappa shape index (κ1) is 17.1. The van der Waals surface area contributed by atoms with E-state index < -0.39 is 0 Å². The zero-order valence-electron chi connectivity index (χ0n) is 15.3. The normalized spacial score (nSPS) is 25.2. The first-order valence-electron chi connectivity index (χ1n) is 9.68. The summed E-state index contributed by atoms with van der Waals surface area (Å²) in [6.45, 7) is 2.78. The summed E-state index contributed by atoms with van der Waals surface area (Å²) in [5.41, 5.74) is 2.02. The molecule has 2 bridgehead atoms. The van der Waals surface area contributed by atoms with Crippen LogP contribution in [0.25, 0.3) is 5.69 Å². The van der Waals surface area contributed by atoms with E-state index in [9.17, 15) is 4.79 Å². The van der Waals surface area contributed by atoms with Crippen molar-refractivity contribution in [2.75, 3.05) is 6.54 Å². The predicted molar refractivity (Wildman–Crippen MR) is 99.9 cm³/mol. The molecule has 0 aliphatic heterocycles. The van der Waals surface area contributed by atoms with Crippen molar-refractivity contribution < 1.29 is 4.79 Å². The Morgan fingerprint density at radius 1 is 1.27 bits per heavy atom. The summed E-state index contributed by atoms with van der Waals surface area (Å²) in [4.78, 5) is 16.1.